The fraction of sp³-hybridized carbons (Fsp3) is 0.290. The summed E-state index contributed by atoms with van der Waals surface area (Å²) in [6.45, 7) is 7.05. The van der Waals surface area contributed by atoms with Gasteiger partial charge in [-0.15, -0.1) is 0 Å². The van der Waals surface area contributed by atoms with Crippen LogP contribution < -0.4 is 19.5 Å². The van der Waals surface area contributed by atoms with Gasteiger partial charge in [-0.1, -0.05) is 34.1 Å². The first-order valence-electron chi connectivity index (χ1n) is 13.1. The van der Waals surface area contributed by atoms with E-state index in [0.29, 0.717) is 47.4 Å². The molecule has 9 heteroatoms. The lowest BCUT2D eigenvalue weighted by molar-refractivity contribution is -0.127. The molecule has 3 aromatic rings. The van der Waals surface area contributed by atoms with E-state index in [-0.39, 0.29) is 18.5 Å². The van der Waals surface area contributed by atoms with E-state index < -0.39 is 6.04 Å². The first-order valence-corrected chi connectivity index (χ1v) is 13.9. The molecule has 0 saturated carbocycles. The molecule has 0 radical (unpaired) electrons. The normalized spacial score (nSPS) is 15.0. The Hall–Kier alpha value is -3.98. The first kappa shape index (κ1) is 29.0. The number of hydrogen-bond donors (Lipinski definition) is 1. The number of likely N-dealkylation sites (N-methyl/N-ethyl adjacent to an activating group) is 1. The number of rotatable bonds is 10. The topological polar surface area (TPSA) is 80.3 Å². The van der Waals surface area contributed by atoms with Gasteiger partial charge in [0.2, 0.25) is 0 Å². The Labute approximate surface area is 243 Å². The van der Waals surface area contributed by atoms with Gasteiger partial charge in [-0.05, 0) is 68.8 Å². The molecule has 8 nitrogen and oxygen atoms in total. The van der Waals surface area contributed by atoms with E-state index in [2.05, 4.69) is 21.2 Å². The van der Waals surface area contributed by atoms with Gasteiger partial charge in [-0.25, -0.2) is 4.79 Å². The second-order valence-corrected chi connectivity index (χ2v) is 10.2. The number of halogens is 1. The van der Waals surface area contributed by atoms with Crippen molar-refractivity contribution in [1.82, 2.24) is 15.1 Å². The van der Waals surface area contributed by atoms with Crippen LogP contribution in [0.1, 0.15) is 37.9 Å². The van der Waals surface area contributed by atoms with E-state index in [1.54, 1.807) is 30.1 Å². The predicted octanol–water partition coefficient (Wildman–Crippen LogP) is 6.67. The molecular formula is C31H34BrN3O5. The zero-order chi connectivity index (χ0) is 28.8. The average Bonchev–Trinajstić information content (AvgIpc) is 2.96. The maximum atomic E-state index is 13.8. The van der Waals surface area contributed by atoms with Crippen LogP contribution in [0.2, 0.25) is 0 Å². The first-order chi connectivity index (χ1) is 19.3. The van der Waals surface area contributed by atoms with Crippen molar-refractivity contribution < 1.29 is 23.8 Å². The molecule has 3 aromatic carbocycles. The fourth-order valence-electron chi connectivity index (χ4n) is 4.73. The Morgan fingerprint density at radius 3 is 2.27 bits per heavy atom. The number of nitrogens with zero attached hydrogens (tertiary/aromatic N) is 2. The third-order valence-corrected chi connectivity index (χ3v) is 7.44. The highest BCUT2D eigenvalue weighted by molar-refractivity contribution is 9.10. The van der Waals surface area contributed by atoms with E-state index in [4.69, 9.17) is 14.2 Å². The van der Waals surface area contributed by atoms with E-state index in [1.165, 1.54) is 0 Å². The number of ether oxygens (including phenoxy) is 3. The minimum absolute atomic E-state index is 0.117. The standard InChI is InChI=1S/C31H34BrN3O5/c1-6-34(7-2)30(36)28-20(3)35(19-22-13-16-25(38-4)18-27(22)39-5)31(37)33-29(28)21-11-14-24(15-12-21)40-26-10-8-9-23(32)17-26/h8-18,29H,6-7,19H2,1-5H3,(H,33,37). The van der Waals surface area contributed by atoms with Crippen LogP contribution in [0, 0.1) is 0 Å². The summed E-state index contributed by atoms with van der Waals surface area (Å²) in [6.07, 6.45) is 0. The summed E-state index contributed by atoms with van der Waals surface area (Å²) >= 11 is 3.46. The van der Waals surface area contributed by atoms with Crippen LogP contribution in [0.25, 0.3) is 0 Å². The lowest BCUT2D eigenvalue weighted by Crippen LogP contribution is -2.49. The number of amides is 3. The molecule has 1 aliphatic heterocycles. The molecule has 1 unspecified atom stereocenters. The number of carbonyl (C=O) groups excluding carboxylic acids is 2. The molecule has 0 fully saturated rings. The van der Waals surface area contributed by atoms with Crippen molar-refractivity contribution in [3.63, 3.8) is 0 Å². The smallest absolute Gasteiger partial charge is 0.322 e. The van der Waals surface area contributed by atoms with Crippen molar-refractivity contribution >= 4 is 27.9 Å². The molecule has 1 heterocycles. The largest absolute Gasteiger partial charge is 0.497 e. The van der Waals surface area contributed by atoms with Gasteiger partial charge in [0.05, 0.1) is 32.4 Å². The van der Waals surface area contributed by atoms with E-state index in [0.717, 1.165) is 15.6 Å². The molecule has 0 aromatic heterocycles. The van der Waals surface area contributed by atoms with E-state index >= 15 is 0 Å². The molecule has 0 saturated heterocycles. The quantitative estimate of drug-likeness (QED) is 0.278. The van der Waals surface area contributed by atoms with Crippen LogP contribution in [-0.4, -0.2) is 49.0 Å². The summed E-state index contributed by atoms with van der Waals surface area (Å²) in [4.78, 5) is 30.7. The Morgan fingerprint density at radius 2 is 1.65 bits per heavy atom. The highest BCUT2D eigenvalue weighted by atomic mass is 79.9. The van der Waals surface area contributed by atoms with E-state index in [1.807, 2.05) is 81.4 Å². The van der Waals surface area contributed by atoms with Crippen molar-refractivity contribution in [3.8, 4) is 23.0 Å². The van der Waals surface area contributed by atoms with Gasteiger partial charge in [0.1, 0.15) is 23.0 Å². The highest BCUT2D eigenvalue weighted by Crippen LogP contribution is 2.35. The van der Waals surface area contributed by atoms with Crippen LogP contribution in [0.5, 0.6) is 23.0 Å². The van der Waals surface area contributed by atoms with Crippen LogP contribution in [0.3, 0.4) is 0 Å². The van der Waals surface area contributed by atoms with Gasteiger partial charge in [0.15, 0.2) is 0 Å². The zero-order valence-electron chi connectivity index (χ0n) is 23.4. The van der Waals surface area contributed by atoms with Crippen LogP contribution >= 0.6 is 15.9 Å². The van der Waals surface area contributed by atoms with Gasteiger partial charge in [-0.2, -0.15) is 0 Å². The van der Waals surface area contributed by atoms with E-state index in [9.17, 15) is 9.59 Å². The molecule has 210 valence electrons. The highest BCUT2D eigenvalue weighted by Gasteiger charge is 2.37. The number of benzene rings is 3. The third kappa shape index (κ3) is 6.25. The summed E-state index contributed by atoms with van der Waals surface area (Å²) in [5.74, 6) is 2.48. The van der Waals surface area contributed by atoms with Crippen molar-refractivity contribution in [3.05, 3.63) is 93.6 Å². The van der Waals surface area contributed by atoms with Crippen molar-refractivity contribution in [2.45, 2.75) is 33.4 Å². The second kappa shape index (κ2) is 12.9. The number of methoxy groups -OCH3 is 2. The van der Waals surface area contributed by atoms with Gasteiger partial charge in [0, 0.05) is 34.9 Å². The van der Waals surface area contributed by atoms with Gasteiger partial charge in [-0.3, -0.25) is 9.69 Å². The zero-order valence-corrected chi connectivity index (χ0v) is 24.9. The molecule has 0 bridgehead atoms. The number of nitrogens with one attached hydrogen (secondary N) is 1. The minimum Gasteiger partial charge on any atom is -0.497 e. The molecule has 1 N–H and O–H groups in total. The summed E-state index contributed by atoms with van der Waals surface area (Å²) < 4.78 is 17.8. The van der Waals surface area contributed by atoms with Gasteiger partial charge in [0.25, 0.3) is 5.91 Å². The molecule has 0 spiro atoms. The third-order valence-electron chi connectivity index (χ3n) is 6.95. The summed E-state index contributed by atoms with van der Waals surface area (Å²) in [5, 5.41) is 3.07. The molecule has 1 atom stereocenters. The minimum atomic E-state index is -0.616. The van der Waals surface area contributed by atoms with Crippen molar-refractivity contribution in [2.75, 3.05) is 27.3 Å². The summed E-state index contributed by atoms with van der Waals surface area (Å²) in [6, 6.07) is 19.6. The number of hydrogen-bond acceptors (Lipinski definition) is 5. The number of allylic oxidation sites excluding steroid dienone is 1. The van der Waals surface area contributed by atoms with Crippen molar-refractivity contribution in [2.24, 2.45) is 0 Å². The second-order valence-electron chi connectivity index (χ2n) is 9.25. The Morgan fingerprint density at radius 1 is 0.950 bits per heavy atom. The Kier molecular flexibility index (Phi) is 9.37. The molecule has 0 aliphatic carbocycles. The number of carbonyl (C=O) groups is 2. The molecule has 40 heavy (non-hydrogen) atoms. The fourth-order valence-corrected chi connectivity index (χ4v) is 5.11. The van der Waals surface area contributed by atoms with Crippen LogP contribution in [0.15, 0.2) is 82.5 Å². The lowest BCUT2D eigenvalue weighted by atomic mass is 9.93. The van der Waals surface area contributed by atoms with Crippen molar-refractivity contribution in [1.29, 1.82) is 0 Å². The molecule has 3 amide bonds. The summed E-state index contributed by atoms with van der Waals surface area (Å²) in [7, 11) is 3.16. The monoisotopic (exact) mass is 607 g/mol. The number of urea groups is 1. The van der Waals surface area contributed by atoms with Crippen LogP contribution in [-0.2, 0) is 11.3 Å². The SMILES string of the molecule is CCN(CC)C(=O)C1=C(C)N(Cc2ccc(OC)cc2OC)C(=O)NC1c1ccc(Oc2cccc(Br)c2)cc1. The molecular weight excluding hydrogens is 574 g/mol. The van der Waals surface area contributed by atoms with Gasteiger partial charge >= 0.3 is 6.03 Å². The lowest BCUT2D eigenvalue weighted by Gasteiger charge is -2.37. The maximum absolute atomic E-state index is 13.8. The average molecular weight is 609 g/mol. The Bertz CT molecular complexity index is 1400. The van der Waals surface area contributed by atoms with Gasteiger partial charge < -0.3 is 24.4 Å². The molecule has 4 rings (SSSR count). The summed E-state index contributed by atoms with van der Waals surface area (Å²) in [5.41, 5.74) is 2.70. The van der Waals surface area contributed by atoms with Crippen LogP contribution in [0.4, 0.5) is 4.79 Å². The predicted molar refractivity (Wildman–Crippen MR) is 158 cm³/mol. The maximum Gasteiger partial charge on any atom is 0.322 e. The molecule has 1 aliphatic rings. The Balaban J connectivity index is 1.69.